The number of sulfonamides is 1. The molecular formula is C32H29ClN4O5S. The molecule has 0 aliphatic rings. The molecule has 43 heavy (non-hydrogen) atoms. The number of carbonyl (C=O) groups excluding carboxylic acids is 1. The molecule has 0 aliphatic carbocycles. The predicted molar refractivity (Wildman–Crippen MR) is 166 cm³/mol. The standard InChI is InChI=1S/C32H29ClN4O5S/c1-41-27-14-12-26(13-15-27)37-21-30(24-8-10-25(33)11-9-24)34-32(37)35-31(38)22-36(20-23-6-4-3-5-7-23)43(39,40)29-18-16-28(42-2)17-19-29/h3-19,21H,20,22H2,1-2H3,(H,34,35,38). The summed E-state index contributed by atoms with van der Waals surface area (Å²) in [5.41, 5.74) is 2.84. The largest absolute Gasteiger partial charge is 0.497 e. The first kappa shape index (κ1) is 29.8. The lowest BCUT2D eigenvalue weighted by Gasteiger charge is -2.22. The molecule has 0 bridgehead atoms. The Bertz CT molecular complexity index is 1790. The quantitative estimate of drug-likeness (QED) is 0.194. The van der Waals surface area contributed by atoms with Gasteiger partial charge in [-0.25, -0.2) is 13.4 Å². The molecule has 9 nitrogen and oxygen atoms in total. The number of imidazole rings is 1. The van der Waals surface area contributed by atoms with Crippen LogP contribution in [0.4, 0.5) is 5.95 Å². The van der Waals surface area contributed by atoms with Crippen molar-refractivity contribution in [2.75, 3.05) is 26.1 Å². The molecule has 1 aromatic heterocycles. The van der Waals surface area contributed by atoms with Crippen molar-refractivity contribution in [3.8, 4) is 28.4 Å². The second-order valence-corrected chi connectivity index (χ2v) is 11.9. The van der Waals surface area contributed by atoms with Crippen LogP contribution in [-0.4, -0.2) is 48.9 Å². The Morgan fingerprint density at radius 1 is 0.860 bits per heavy atom. The number of hydrogen-bond donors (Lipinski definition) is 1. The molecular weight excluding hydrogens is 588 g/mol. The summed E-state index contributed by atoms with van der Waals surface area (Å²) in [5.74, 6) is 0.860. The Morgan fingerprint density at radius 3 is 2.07 bits per heavy atom. The number of nitrogens with zero attached hydrogens (tertiary/aromatic N) is 3. The normalized spacial score (nSPS) is 11.3. The van der Waals surface area contributed by atoms with Crippen LogP contribution in [0, 0.1) is 0 Å². The van der Waals surface area contributed by atoms with E-state index in [9.17, 15) is 13.2 Å². The van der Waals surface area contributed by atoms with E-state index in [2.05, 4.69) is 10.3 Å². The Kier molecular flexibility index (Phi) is 9.10. The number of aromatic nitrogens is 2. The van der Waals surface area contributed by atoms with E-state index in [0.717, 1.165) is 21.1 Å². The molecule has 4 aromatic carbocycles. The lowest BCUT2D eigenvalue weighted by atomic mass is 10.2. The fourth-order valence-electron chi connectivity index (χ4n) is 4.40. The van der Waals surface area contributed by atoms with Crippen molar-refractivity contribution in [3.05, 3.63) is 120 Å². The molecule has 11 heteroatoms. The molecule has 5 rings (SSSR count). The lowest BCUT2D eigenvalue weighted by Crippen LogP contribution is -2.38. The van der Waals surface area contributed by atoms with Gasteiger partial charge in [-0.1, -0.05) is 54.1 Å². The number of amides is 1. The van der Waals surface area contributed by atoms with E-state index in [0.29, 0.717) is 22.2 Å². The van der Waals surface area contributed by atoms with Crippen LogP contribution in [0.15, 0.2) is 114 Å². The molecule has 0 spiro atoms. The highest BCUT2D eigenvalue weighted by atomic mass is 35.5. The van der Waals surface area contributed by atoms with Gasteiger partial charge in [-0.15, -0.1) is 0 Å². The SMILES string of the molecule is COc1ccc(-n2cc(-c3ccc(Cl)cc3)nc2NC(=O)CN(Cc2ccccc2)S(=O)(=O)c2ccc(OC)cc2)cc1. The van der Waals surface area contributed by atoms with Crippen molar-refractivity contribution in [2.24, 2.45) is 0 Å². The number of hydrogen-bond acceptors (Lipinski definition) is 6. The van der Waals surface area contributed by atoms with Crippen LogP contribution >= 0.6 is 11.6 Å². The maximum absolute atomic E-state index is 13.8. The van der Waals surface area contributed by atoms with Gasteiger partial charge in [-0.05, 0) is 66.2 Å². The summed E-state index contributed by atoms with van der Waals surface area (Å²) in [6.45, 7) is -0.458. The maximum Gasteiger partial charge on any atom is 0.243 e. The minimum absolute atomic E-state index is 0.00837. The minimum Gasteiger partial charge on any atom is -0.497 e. The van der Waals surface area contributed by atoms with Gasteiger partial charge < -0.3 is 9.47 Å². The second-order valence-electron chi connectivity index (χ2n) is 9.51. The Hall–Kier alpha value is -4.64. The third kappa shape index (κ3) is 7.06. The van der Waals surface area contributed by atoms with Crippen molar-refractivity contribution >= 4 is 33.5 Å². The molecule has 0 aliphatic heterocycles. The fourth-order valence-corrected chi connectivity index (χ4v) is 5.91. The van der Waals surface area contributed by atoms with Crippen molar-refractivity contribution in [1.29, 1.82) is 0 Å². The van der Waals surface area contributed by atoms with Crippen LogP contribution in [0.25, 0.3) is 16.9 Å². The molecule has 1 amide bonds. The van der Waals surface area contributed by atoms with Crippen LogP contribution in [0.1, 0.15) is 5.56 Å². The average Bonchev–Trinajstić information content (AvgIpc) is 3.45. The molecule has 0 unspecified atom stereocenters. The Balaban J connectivity index is 1.47. The van der Waals surface area contributed by atoms with Gasteiger partial charge in [-0.2, -0.15) is 4.31 Å². The van der Waals surface area contributed by atoms with E-state index in [1.54, 1.807) is 54.3 Å². The molecule has 0 atom stereocenters. The molecule has 0 saturated heterocycles. The van der Waals surface area contributed by atoms with Gasteiger partial charge >= 0.3 is 0 Å². The van der Waals surface area contributed by atoms with Gasteiger partial charge in [-0.3, -0.25) is 14.7 Å². The van der Waals surface area contributed by atoms with Crippen LogP contribution in [0.3, 0.4) is 0 Å². The predicted octanol–water partition coefficient (Wildman–Crippen LogP) is 6.04. The number of nitrogens with one attached hydrogen (secondary N) is 1. The van der Waals surface area contributed by atoms with E-state index < -0.39 is 22.5 Å². The van der Waals surface area contributed by atoms with Crippen molar-refractivity contribution in [3.63, 3.8) is 0 Å². The highest BCUT2D eigenvalue weighted by Gasteiger charge is 2.28. The van der Waals surface area contributed by atoms with Gasteiger partial charge in [0.15, 0.2) is 0 Å². The molecule has 0 fully saturated rings. The third-order valence-electron chi connectivity index (χ3n) is 6.67. The highest BCUT2D eigenvalue weighted by molar-refractivity contribution is 7.89. The number of ether oxygens (including phenoxy) is 2. The zero-order valence-electron chi connectivity index (χ0n) is 23.5. The Morgan fingerprint density at radius 2 is 1.47 bits per heavy atom. The Labute approximate surface area is 255 Å². The first-order valence-electron chi connectivity index (χ1n) is 13.2. The van der Waals surface area contributed by atoms with Crippen LogP contribution < -0.4 is 14.8 Å². The maximum atomic E-state index is 13.8. The molecule has 220 valence electrons. The topological polar surface area (TPSA) is 103 Å². The van der Waals surface area contributed by atoms with Crippen molar-refractivity contribution in [2.45, 2.75) is 11.4 Å². The van der Waals surface area contributed by atoms with Gasteiger partial charge in [0.1, 0.15) is 11.5 Å². The number of benzene rings is 4. The number of carbonyl (C=O) groups is 1. The fraction of sp³-hybridized carbons (Fsp3) is 0.125. The summed E-state index contributed by atoms with van der Waals surface area (Å²) in [7, 11) is -0.975. The average molecular weight is 617 g/mol. The monoisotopic (exact) mass is 616 g/mol. The smallest absolute Gasteiger partial charge is 0.243 e. The first-order chi connectivity index (χ1) is 20.8. The zero-order chi connectivity index (χ0) is 30.4. The van der Waals surface area contributed by atoms with Crippen LogP contribution in [0.5, 0.6) is 11.5 Å². The second kappa shape index (κ2) is 13.1. The summed E-state index contributed by atoms with van der Waals surface area (Å²) >= 11 is 6.08. The van der Waals surface area contributed by atoms with Gasteiger partial charge in [0.05, 0.1) is 31.4 Å². The van der Waals surface area contributed by atoms with E-state index in [1.165, 1.54) is 19.2 Å². The third-order valence-corrected chi connectivity index (χ3v) is 8.72. The molecule has 5 aromatic rings. The molecule has 0 radical (unpaired) electrons. The number of anilines is 1. The van der Waals surface area contributed by atoms with Crippen LogP contribution in [0.2, 0.25) is 5.02 Å². The number of methoxy groups -OCH3 is 2. The zero-order valence-corrected chi connectivity index (χ0v) is 25.0. The summed E-state index contributed by atoms with van der Waals surface area (Å²) < 4.78 is 40.8. The summed E-state index contributed by atoms with van der Waals surface area (Å²) in [4.78, 5) is 18.3. The van der Waals surface area contributed by atoms with Gasteiger partial charge in [0.25, 0.3) is 0 Å². The number of rotatable bonds is 11. The molecule has 1 heterocycles. The summed E-state index contributed by atoms with van der Waals surface area (Å²) in [6.07, 6.45) is 1.79. The first-order valence-corrected chi connectivity index (χ1v) is 15.1. The van der Waals surface area contributed by atoms with E-state index in [1.807, 2.05) is 54.6 Å². The molecule has 0 saturated carbocycles. The lowest BCUT2D eigenvalue weighted by molar-refractivity contribution is -0.116. The van der Waals surface area contributed by atoms with Gasteiger partial charge in [0, 0.05) is 29.0 Å². The minimum atomic E-state index is -4.06. The summed E-state index contributed by atoms with van der Waals surface area (Å²) in [6, 6.07) is 29.6. The highest BCUT2D eigenvalue weighted by Crippen LogP contribution is 2.27. The summed E-state index contributed by atoms with van der Waals surface area (Å²) in [5, 5.41) is 3.41. The molecule has 1 N–H and O–H groups in total. The number of halogens is 1. The van der Waals surface area contributed by atoms with E-state index in [-0.39, 0.29) is 17.4 Å². The van der Waals surface area contributed by atoms with Gasteiger partial charge in [0.2, 0.25) is 21.9 Å². The van der Waals surface area contributed by atoms with Crippen molar-refractivity contribution < 1.29 is 22.7 Å². The van der Waals surface area contributed by atoms with E-state index >= 15 is 0 Å². The van der Waals surface area contributed by atoms with E-state index in [4.69, 9.17) is 21.1 Å². The van der Waals surface area contributed by atoms with Crippen molar-refractivity contribution in [1.82, 2.24) is 13.9 Å². The van der Waals surface area contributed by atoms with Crippen LogP contribution in [-0.2, 0) is 21.4 Å².